The molecule has 0 aliphatic carbocycles. The van der Waals surface area contributed by atoms with E-state index in [1.807, 2.05) is 0 Å². The van der Waals surface area contributed by atoms with E-state index in [2.05, 4.69) is 13.8 Å². The van der Waals surface area contributed by atoms with Crippen LogP contribution in [-0.2, 0) is 0 Å². The lowest BCUT2D eigenvalue weighted by atomic mass is 10.1. The van der Waals surface area contributed by atoms with Crippen molar-refractivity contribution in [2.45, 2.75) is 84.5 Å². The average molecular weight is 312 g/mol. The topological polar surface area (TPSA) is 32.6 Å². The van der Waals surface area contributed by atoms with Crippen LogP contribution in [0.1, 0.15) is 84.5 Å². The number of likely N-dealkylation sites (N-methyl/N-ethyl adjacent to an activating group) is 1. The zero-order valence-corrected chi connectivity index (χ0v) is 15.2. The minimum absolute atomic E-state index is 0.283. The summed E-state index contributed by atoms with van der Waals surface area (Å²) in [6.07, 6.45) is 15.0. The van der Waals surface area contributed by atoms with Crippen LogP contribution in [0.5, 0.6) is 0 Å². The molecule has 0 saturated heterocycles. The number of hydrogen-bond acceptors (Lipinski definition) is 2. The first-order chi connectivity index (χ1) is 10.8. The van der Waals surface area contributed by atoms with Crippen LogP contribution in [0.4, 0.5) is 0 Å². The number of rotatable bonds is 14. The summed E-state index contributed by atoms with van der Waals surface area (Å²) in [7, 11) is 0. The van der Waals surface area contributed by atoms with E-state index >= 15 is 0 Å². The molecule has 0 aromatic heterocycles. The molecule has 0 fully saturated rings. The standard InChI is InChI=1S/C19H39N2O/c1-3-5-6-7-8-9-10-11-12-13-14-19-20-15-16-21(19,4-2)17-18-22/h22H,3-18H2,1-2H3/q+1. The lowest BCUT2D eigenvalue weighted by Crippen LogP contribution is -2.52. The molecule has 0 radical (unpaired) electrons. The molecule has 0 saturated carbocycles. The van der Waals surface area contributed by atoms with Crippen molar-refractivity contribution < 1.29 is 9.59 Å². The van der Waals surface area contributed by atoms with E-state index in [0.717, 1.165) is 37.1 Å². The van der Waals surface area contributed by atoms with Crippen molar-refractivity contribution in [2.75, 3.05) is 32.8 Å². The average Bonchev–Trinajstić information content (AvgIpc) is 2.93. The summed E-state index contributed by atoms with van der Waals surface area (Å²) < 4.78 is 0.952. The van der Waals surface area contributed by atoms with Gasteiger partial charge in [0.15, 0.2) is 5.84 Å². The molecule has 0 amide bonds. The van der Waals surface area contributed by atoms with Crippen LogP contribution < -0.4 is 0 Å². The zero-order chi connectivity index (χ0) is 16.1. The summed E-state index contributed by atoms with van der Waals surface area (Å²) >= 11 is 0. The first kappa shape index (κ1) is 19.6. The molecule has 1 rings (SSSR count). The fourth-order valence-corrected chi connectivity index (χ4v) is 3.67. The molecule has 22 heavy (non-hydrogen) atoms. The molecule has 0 aromatic rings. The normalized spacial score (nSPS) is 21.3. The Morgan fingerprint density at radius 1 is 0.909 bits per heavy atom. The van der Waals surface area contributed by atoms with E-state index in [1.165, 1.54) is 70.0 Å². The van der Waals surface area contributed by atoms with Gasteiger partial charge in [-0.1, -0.05) is 64.7 Å². The monoisotopic (exact) mass is 311 g/mol. The molecule has 0 bridgehead atoms. The molecule has 130 valence electrons. The fourth-order valence-electron chi connectivity index (χ4n) is 3.67. The highest BCUT2D eigenvalue weighted by molar-refractivity contribution is 5.76. The van der Waals surface area contributed by atoms with Gasteiger partial charge in [-0.3, -0.25) is 4.48 Å². The smallest absolute Gasteiger partial charge is 0.198 e. The molecule has 1 atom stereocenters. The van der Waals surface area contributed by atoms with Crippen LogP contribution in [-0.4, -0.2) is 48.2 Å². The van der Waals surface area contributed by atoms with Gasteiger partial charge < -0.3 is 5.11 Å². The Labute approximate surface area is 138 Å². The van der Waals surface area contributed by atoms with Crippen LogP contribution in [0.15, 0.2) is 4.99 Å². The number of hydrogen-bond donors (Lipinski definition) is 1. The van der Waals surface area contributed by atoms with Gasteiger partial charge in [0.25, 0.3) is 0 Å². The third kappa shape index (κ3) is 6.78. The Balaban J connectivity index is 2.04. The second kappa shape index (κ2) is 12.1. The van der Waals surface area contributed by atoms with E-state index in [1.54, 1.807) is 0 Å². The molecule has 1 aliphatic rings. The SMILES string of the molecule is CCCCCCCCCCCCC1=NCC[N+]1(CC)CCO. The second-order valence-electron chi connectivity index (χ2n) is 6.86. The highest BCUT2D eigenvalue weighted by atomic mass is 16.3. The maximum Gasteiger partial charge on any atom is 0.198 e. The highest BCUT2D eigenvalue weighted by Crippen LogP contribution is 2.20. The first-order valence-corrected chi connectivity index (χ1v) is 9.80. The molecule has 3 nitrogen and oxygen atoms in total. The van der Waals surface area contributed by atoms with Gasteiger partial charge in [-0.25, -0.2) is 4.99 Å². The van der Waals surface area contributed by atoms with Crippen molar-refractivity contribution in [1.82, 2.24) is 0 Å². The summed E-state index contributed by atoms with van der Waals surface area (Å²) in [5, 5.41) is 9.32. The van der Waals surface area contributed by atoms with Gasteiger partial charge in [-0.05, 0) is 13.3 Å². The number of nitrogens with zero attached hydrogens (tertiary/aromatic N) is 2. The largest absolute Gasteiger partial charge is 0.390 e. The van der Waals surface area contributed by atoms with Crippen molar-refractivity contribution >= 4 is 5.84 Å². The summed E-state index contributed by atoms with van der Waals surface area (Å²) in [5.41, 5.74) is 0. The first-order valence-electron chi connectivity index (χ1n) is 9.80. The van der Waals surface area contributed by atoms with Crippen LogP contribution in [0.2, 0.25) is 0 Å². The van der Waals surface area contributed by atoms with Crippen molar-refractivity contribution in [3.63, 3.8) is 0 Å². The number of aliphatic imine (C=N–C) groups is 1. The Morgan fingerprint density at radius 2 is 1.50 bits per heavy atom. The number of unbranched alkanes of at least 4 members (excludes halogenated alkanes) is 9. The molecule has 0 spiro atoms. The summed E-state index contributed by atoms with van der Waals surface area (Å²) in [4.78, 5) is 4.73. The van der Waals surface area contributed by atoms with Crippen LogP contribution in [0.3, 0.4) is 0 Å². The van der Waals surface area contributed by atoms with Gasteiger partial charge in [0, 0.05) is 6.42 Å². The molecular formula is C19H39N2O+. The van der Waals surface area contributed by atoms with E-state index < -0.39 is 0 Å². The van der Waals surface area contributed by atoms with Gasteiger partial charge in [0.2, 0.25) is 0 Å². The predicted octanol–water partition coefficient (Wildman–Crippen LogP) is 4.54. The summed E-state index contributed by atoms with van der Waals surface area (Å²) in [6, 6.07) is 0. The van der Waals surface area contributed by atoms with Crippen molar-refractivity contribution in [3.8, 4) is 0 Å². The Hall–Kier alpha value is -0.410. The number of quaternary nitrogens is 1. The molecule has 3 heteroatoms. The van der Waals surface area contributed by atoms with E-state index in [0.29, 0.717) is 0 Å². The number of aliphatic hydroxyl groups excluding tert-OH is 1. The Kier molecular flexibility index (Phi) is 10.8. The minimum Gasteiger partial charge on any atom is -0.390 e. The van der Waals surface area contributed by atoms with Crippen molar-refractivity contribution in [2.24, 2.45) is 4.99 Å². The predicted molar refractivity (Wildman–Crippen MR) is 96.4 cm³/mol. The third-order valence-corrected chi connectivity index (χ3v) is 5.26. The van der Waals surface area contributed by atoms with Crippen LogP contribution >= 0.6 is 0 Å². The molecular weight excluding hydrogens is 272 g/mol. The van der Waals surface area contributed by atoms with E-state index in [-0.39, 0.29) is 6.61 Å². The van der Waals surface area contributed by atoms with Crippen molar-refractivity contribution in [3.05, 3.63) is 0 Å². The quantitative estimate of drug-likeness (QED) is 0.371. The van der Waals surface area contributed by atoms with Gasteiger partial charge in [-0.2, -0.15) is 0 Å². The maximum absolute atomic E-state index is 9.32. The molecule has 1 heterocycles. The van der Waals surface area contributed by atoms with Crippen molar-refractivity contribution in [1.29, 1.82) is 0 Å². The van der Waals surface area contributed by atoms with Gasteiger partial charge in [0.05, 0.1) is 19.7 Å². The van der Waals surface area contributed by atoms with Gasteiger partial charge >= 0.3 is 0 Å². The highest BCUT2D eigenvalue weighted by Gasteiger charge is 2.35. The van der Waals surface area contributed by atoms with Gasteiger partial charge in [-0.15, -0.1) is 0 Å². The fraction of sp³-hybridized carbons (Fsp3) is 0.947. The lowest BCUT2D eigenvalue weighted by molar-refractivity contribution is -0.835. The summed E-state index contributed by atoms with van der Waals surface area (Å²) in [5.74, 6) is 1.36. The van der Waals surface area contributed by atoms with Crippen LogP contribution in [0, 0.1) is 0 Å². The molecule has 1 unspecified atom stereocenters. The lowest BCUT2D eigenvalue weighted by Gasteiger charge is -2.33. The Bertz CT molecular complexity index is 304. The zero-order valence-electron chi connectivity index (χ0n) is 15.2. The number of aliphatic hydroxyl groups is 1. The van der Waals surface area contributed by atoms with Gasteiger partial charge in [0.1, 0.15) is 13.1 Å². The Morgan fingerprint density at radius 3 is 2.05 bits per heavy atom. The minimum atomic E-state index is 0.283. The third-order valence-electron chi connectivity index (χ3n) is 5.26. The summed E-state index contributed by atoms with van der Waals surface area (Å²) in [6.45, 7) is 8.79. The molecule has 1 aliphatic heterocycles. The second-order valence-corrected chi connectivity index (χ2v) is 6.86. The molecule has 1 N–H and O–H groups in total. The van der Waals surface area contributed by atoms with Crippen LogP contribution in [0.25, 0.3) is 0 Å². The molecule has 0 aromatic carbocycles. The van der Waals surface area contributed by atoms with E-state index in [4.69, 9.17) is 4.99 Å². The van der Waals surface area contributed by atoms with E-state index in [9.17, 15) is 5.11 Å². The maximum atomic E-state index is 9.32. The number of amidine groups is 1.